The summed E-state index contributed by atoms with van der Waals surface area (Å²) in [4.78, 5) is 25.2. The first-order valence-electron chi connectivity index (χ1n) is 8.30. The van der Waals surface area contributed by atoms with Crippen molar-refractivity contribution in [2.24, 2.45) is 0 Å². The van der Waals surface area contributed by atoms with Gasteiger partial charge in [-0.2, -0.15) is 0 Å². The third-order valence-corrected chi connectivity index (χ3v) is 5.10. The van der Waals surface area contributed by atoms with Gasteiger partial charge in [-0.1, -0.05) is 35.3 Å². The highest BCUT2D eigenvalue weighted by atomic mass is 35.5. The van der Waals surface area contributed by atoms with Gasteiger partial charge in [-0.25, -0.2) is 0 Å². The van der Waals surface area contributed by atoms with Crippen molar-refractivity contribution in [1.82, 2.24) is 0 Å². The van der Waals surface area contributed by atoms with Gasteiger partial charge in [0, 0.05) is 16.4 Å². The highest BCUT2D eigenvalue weighted by molar-refractivity contribution is 7.12. The topological polar surface area (TPSA) is 67.4 Å². The number of amides is 2. The molecule has 0 aliphatic heterocycles. The Hall–Kier alpha value is -2.54. The van der Waals surface area contributed by atoms with Crippen molar-refractivity contribution in [3.05, 3.63) is 74.9 Å². The minimum Gasteiger partial charge on any atom is -0.479 e. The summed E-state index contributed by atoms with van der Waals surface area (Å²) in [7, 11) is 0. The van der Waals surface area contributed by atoms with Crippen LogP contribution in [-0.2, 0) is 4.79 Å². The van der Waals surface area contributed by atoms with Crippen LogP contribution in [0.5, 0.6) is 5.75 Å². The first-order valence-corrected chi connectivity index (χ1v) is 9.93. The molecule has 8 heteroatoms. The van der Waals surface area contributed by atoms with E-state index in [1.165, 1.54) is 11.3 Å². The van der Waals surface area contributed by atoms with Gasteiger partial charge < -0.3 is 15.4 Å². The molecule has 1 heterocycles. The zero-order valence-electron chi connectivity index (χ0n) is 14.7. The van der Waals surface area contributed by atoms with Crippen LogP contribution < -0.4 is 15.4 Å². The van der Waals surface area contributed by atoms with Crippen LogP contribution in [0.25, 0.3) is 0 Å². The summed E-state index contributed by atoms with van der Waals surface area (Å²) in [6.45, 7) is 1.61. The van der Waals surface area contributed by atoms with Crippen molar-refractivity contribution in [1.29, 1.82) is 0 Å². The van der Waals surface area contributed by atoms with Crippen molar-refractivity contribution in [2.45, 2.75) is 13.0 Å². The fourth-order valence-corrected chi connectivity index (χ4v) is 3.41. The van der Waals surface area contributed by atoms with E-state index >= 15 is 0 Å². The van der Waals surface area contributed by atoms with Gasteiger partial charge in [0.15, 0.2) is 6.10 Å². The standard InChI is InChI=1S/C20H16Cl2N2O3S/c1-12(27-17-8-7-13(21)10-16(17)22)19(25)23-14-4-2-5-15(11-14)24-20(26)18-6-3-9-28-18/h2-12H,1H3,(H,23,25)(H,24,26). The van der Waals surface area contributed by atoms with Crippen LogP contribution in [0.2, 0.25) is 10.0 Å². The van der Waals surface area contributed by atoms with Crippen LogP contribution in [0.1, 0.15) is 16.6 Å². The molecule has 0 radical (unpaired) electrons. The molecule has 0 saturated heterocycles. The number of halogens is 2. The molecule has 2 amide bonds. The minimum absolute atomic E-state index is 0.201. The van der Waals surface area contributed by atoms with E-state index in [9.17, 15) is 9.59 Å². The highest BCUT2D eigenvalue weighted by Gasteiger charge is 2.17. The lowest BCUT2D eigenvalue weighted by Crippen LogP contribution is -2.30. The number of anilines is 2. The molecule has 0 fully saturated rings. The Morgan fingerprint density at radius 1 is 1.00 bits per heavy atom. The Bertz CT molecular complexity index is 993. The van der Waals surface area contributed by atoms with Gasteiger partial charge in [-0.05, 0) is 54.8 Å². The third kappa shape index (κ3) is 5.25. The molecule has 0 aliphatic carbocycles. The van der Waals surface area contributed by atoms with E-state index in [-0.39, 0.29) is 11.8 Å². The molecule has 2 N–H and O–H groups in total. The van der Waals surface area contributed by atoms with E-state index in [1.54, 1.807) is 55.5 Å². The minimum atomic E-state index is -0.789. The van der Waals surface area contributed by atoms with E-state index < -0.39 is 6.10 Å². The lowest BCUT2D eigenvalue weighted by Gasteiger charge is -2.16. The Morgan fingerprint density at radius 2 is 1.75 bits per heavy atom. The Balaban J connectivity index is 1.62. The largest absolute Gasteiger partial charge is 0.479 e. The Kier molecular flexibility index (Phi) is 6.57. The molecule has 28 heavy (non-hydrogen) atoms. The summed E-state index contributed by atoms with van der Waals surface area (Å²) < 4.78 is 5.61. The normalized spacial score (nSPS) is 11.5. The van der Waals surface area contributed by atoms with E-state index in [1.807, 2.05) is 11.4 Å². The highest BCUT2D eigenvalue weighted by Crippen LogP contribution is 2.28. The van der Waals surface area contributed by atoms with Crippen LogP contribution >= 0.6 is 34.5 Å². The van der Waals surface area contributed by atoms with Crippen molar-refractivity contribution in [3.8, 4) is 5.75 Å². The second kappa shape index (κ2) is 9.10. The molecule has 5 nitrogen and oxygen atoms in total. The van der Waals surface area contributed by atoms with Gasteiger partial charge in [0.2, 0.25) is 0 Å². The summed E-state index contributed by atoms with van der Waals surface area (Å²) >= 11 is 13.3. The number of hydrogen-bond donors (Lipinski definition) is 2. The fraction of sp³-hybridized carbons (Fsp3) is 0.100. The summed E-state index contributed by atoms with van der Waals surface area (Å²) in [5.41, 5.74) is 1.11. The quantitative estimate of drug-likeness (QED) is 0.521. The predicted molar refractivity (Wildman–Crippen MR) is 114 cm³/mol. The molecule has 3 aromatic rings. The fourth-order valence-electron chi connectivity index (χ4n) is 2.33. The lowest BCUT2D eigenvalue weighted by atomic mass is 10.2. The number of rotatable bonds is 6. The molecule has 0 saturated carbocycles. The molecule has 0 spiro atoms. The molecule has 1 aromatic heterocycles. The summed E-state index contributed by atoms with van der Waals surface area (Å²) in [5.74, 6) is -0.189. The van der Waals surface area contributed by atoms with Crippen LogP contribution in [0.3, 0.4) is 0 Å². The molecular weight excluding hydrogens is 419 g/mol. The van der Waals surface area contributed by atoms with Gasteiger partial charge >= 0.3 is 0 Å². The van der Waals surface area contributed by atoms with Crippen molar-refractivity contribution >= 4 is 57.7 Å². The zero-order chi connectivity index (χ0) is 20.1. The zero-order valence-corrected chi connectivity index (χ0v) is 17.1. The van der Waals surface area contributed by atoms with Crippen molar-refractivity contribution in [3.63, 3.8) is 0 Å². The average molecular weight is 435 g/mol. The van der Waals surface area contributed by atoms with Crippen LogP contribution in [0.15, 0.2) is 60.0 Å². The van der Waals surface area contributed by atoms with Gasteiger partial charge in [0.05, 0.1) is 9.90 Å². The van der Waals surface area contributed by atoms with Crippen molar-refractivity contribution < 1.29 is 14.3 Å². The second-order valence-electron chi connectivity index (χ2n) is 5.84. The summed E-state index contributed by atoms with van der Waals surface area (Å²) in [6.07, 6.45) is -0.789. The van der Waals surface area contributed by atoms with Crippen molar-refractivity contribution in [2.75, 3.05) is 10.6 Å². The number of hydrogen-bond acceptors (Lipinski definition) is 4. The third-order valence-electron chi connectivity index (χ3n) is 3.70. The number of carbonyl (C=O) groups excluding carboxylic acids is 2. The van der Waals surface area contributed by atoms with Gasteiger partial charge in [-0.15, -0.1) is 11.3 Å². The first-order chi connectivity index (χ1) is 13.4. The maximum atomic E-state index is 12.4. The van der Waals surface area contributed by atoms with E-state index in [0.717, 1.165) is 0 Å². The summed E-state index contributed by atoms with van der Waals surface area (Å²) in [6, 6.07) is 15.2. The van der Waals surface area contributed by atoms with E-state index in [2.05, 4.69) is 10.6 Å². The number of benzene rings is 2. The maximum Gasteiger partial charge on any atom is 0.265 e. The number of carbonyl (C=O) groups is 2. The van der Waals surface area contributed by atoms with E-state index in [0.29, 0.717) is 32.0 Å². The molecule has 1 atom stereocenters. The SMILES string of the molecule is CC(Oc1ccc(Cl)cc1Cl)C(=O)Nc1cccc(NC(=O)c2cccs2)c1. The molecule has 1 unspecified atom stereocenters. The molecule has 0 aliphatic rings. The van der Waals surface area contributed by atoms with E-state index in [4.69, 9.17) is 27.9 Å². The van der Waals surface area contributed by atoms with Crippen LogP contribution in [-0.4, -0.2) is 17.9 Å². The van der Waals surface area contributed by atoms with Gasteiger partial charge in [0.25, 0.3) is 11.8 Å². The molecular formula is C20H16Cl2N2O3S. The monoisotopic (exact) mass is 434 g/mol. The number of nitrogens with one attached hydrogen (secondary N) is 2. The Labute approximate surface area is 176 Å². The lowest BCUT2D eigenvalue weighted by molar-refractivity contribution is -0.122. The molecule has 3 rings (SSSR count). The predicted octanol–water partition coefficient (Wildman–Crippen LogP) is 5.71. The Morgan fingerprint density at radius 3 is 2.43 bits per heavy atom. The molecule has 2 aromatic carbocycles. The van der Waals surface area contributed by atoms with Crippen LogP contribution in [0, 0.1) is 0 Å². The molecule has 0 bridgehead atoms. The second-order valence-corrected chi connectivity index (χ2v) is 7.63. The maximum absolute atomic E-state index is 12.4. The smallest absolute Gasteiger partial charge is 0.265 e. The number of ether oxygens (including phenoxy) is 1. The van der Waals surface area contributed by atoms with Crippen LogP contribution in [0.4, 0.5) is 11.4 Å². The van der Waals surface area contributed by atoms with Gasteiger partial charge in [-0.3, -0.25) is 9.59 Å². The summed E-state index contributed by atoms with van der Waals surface area (Å²) in [5, 5.41) is 8.20. The van der Waals surface area contributed by atoms with Gasteiger partial charge in [0.1, 0.15) is 5.75 Å². The average Bonchev–Trinajstić information content (AvgIpc) is 3.19. The number of thiophene rings is 1. The first kappa shape index (κ1) is 20.2. The molecule has 144 valence electrons.